The summed E-state index contributed by atoms with van der Waals surface area (Å²) in [6.07, 6.45) is 4.31. The lowest BCUT2D eigenvalue weighted by molar-refractivity contribution is -0.167. The van der Waals surface area contributed by atoms with Crippen molar-refractivity contribution in [3.05, 3.63) is 12.7 Å². The average molecular weight is 497 g/mol. The van der Waals surface area contributed by atoms with Gasteiger partial charge in [-0.2, -0.15) is 0 Å². The molecule has 34 heavy (non-hydrogen) atoms. The van der Waals surface area contributed by atoms with E-state index in [1.165, 1.54) is 0 Å². The molecule has 0 bridgehead atoms. The number of ether oxygens (including phenoxy) is 1. The van der Waals surface area contributed by atoms with Crippen molar-refractivity contribution in [3.8, 4) is 0 Å². The number of rotatable bonds is 9. The molecule has 194 valence electrons. The fourth-order valence-electron chi connectivity index (χ4n) is 7.04. The minimum atomic E-state index is -0.545. The number of aliphatic hydroxyl groups excluding tert-OH is 2. The van der Waals surface area contributed by atoms with Crippen molar-refractivity contribution in [2.45, 2.75) is 62.4 Å². The number of hydrogen-bond donors (Lipinski definition) is 5. The Morgan fingerprint density at radius 2 is 2.12 bits per heavy atom. The van der Waals surface area contributed by atoms with E-state index in [0.717, 1.165) is 52.2 Å². The summed E-state index contributed by atoms with van der Waals surface area (Å²) in [5.74, 6) is 0.402. The maximum absolute atomic E-state index is 13.2. The van der Waals surface area contributed by atoms with Crippen LogP contribution in [-0.4, -0.2) is 96.5 Å². The lowest BCUT2D eigenvalue weighted by atomic mass is 9.46. The second kappa shape index (κ2) is 11.2. The highest BCUT2D eigenvalue weighted by atomic mass is 32.2. The molecule has 1 amide bonds. The summed E-state index contributed by atoms with van der Waals surface area (Å²) in [6, 6.07) is 0.219. The smallest absolute Gasteiger partial charge is 0.220 e. The molecule has 8 atom stereocenters. The summed E-state index contributed by atoms with van der Waals surface area (Å²) in [5, 5.41) is 32.1. The number of aliphatic hydroxyl groups is 2. The Bertz CT molecular complexity index is 723. The largest absolute Gasteiger partial charge is 0.396 e. The Hall–Kier alpha value is -0.680. The normalized spacial score (nSPS) is 42.6. The molecule has 2 saturated heterocycles. The van der Waals surface area contributed by atoms with Crippen molar-refractivity contribution in [1.82, 2.24) is 20.9 Å². The zero-order valence-electron chi connectivity index (χ0n) is 20.8. The summed E-state index contributed by atoms with van der Waals surface area (Å²) in [7, 11) is 0. The second-order valence-corrected chi connectivity index (χ2v) is 12.4. The predicted molar refractivity (Wildman–Crippen MR) is 135 cm³/mol. The Kier molecular flexibility index (Phi) is 8.65. The van der Waals surface area contributed by atoms with Crippen molar-refractivity contribution >= 4 is 17.7 Å². The third-order valence-electron chi connectivity index (χ3n) is 9.16. The van der Waals surface area contributed by atoms with Gasteiger partial charge in [-0.25, -0.2) is 0 Å². The molecule has 2 heterocycles. The summed E-state index contributed by atoms with van der Waals surface area (Å²) >= 11 is 1.89. The summed E-state index contributed by atoms with van der Waals surface area (Å²) < 4.78 is 5.41. The number of morpholine rings is 1. The number of hydrogen-bond acceptors (Lipinski definition) is 8. The van der Waals surface area contributed by atoms with Gasteiger partial charge in [0.05, 0.1) is 25.9 Å². The first-order valence-corrected chi connectivity index (χ1v) is 13.9. The molecule has 4 rings (SSSR count). The van der Waals surface area contributed by atoms with Gasteiger partial charge in [0.15, 0.2) is 0 Å². The minimum Gasteiger partial charge on any atom is -0.396 e. The molecule has 0 aromatic rings. The number of thioether (sulfide) groups is 1. The monoisotopic (exact) mass is 496 g/mol. The van der Waals surface area contributed by atoms with Crippen molar-refractivity contribution in [2.75, 3.05) is 52.5 Å². The van der Waals surface area contributed by atoms with Crippen molar-refractivity contribution in [2.24, 2.45) is 22.7 Å². The Morgan fingerprint density at radius 3 is 2.82 bits per heavy atom. The third-order valence-corrected chi connectivity index (χ3v) is 10.6. The number of nitrogens with one attached hydrogen (secondary N) is 3. The first kappa shape index (κ1) is 26.4. The maximum atomic E-state index is 13.2. The van der Waals surface area contributed by atoms with Gasteiger partial charge in [0, 0.05) is 55.9 Å². The van der Waals surface area contributed by atoms with E-state index >= 15 is 0 Å². The van der Waals surface area contributed by atoms with E-state index < -0.39 is 11.5 Å². The zero-order chi connectivity index (χ0) is 24.3. The van der Waals surface area contributed by atoms with Crippen LogP contribution in [-0.2, 0) is 9.53 Å². The van der Waals surface area contributed by atoms with Gasteiger partial charge in [-0.1, -0.05) is 19.9 Å². The SMILES string of the molecule is C=CCNC1NC2C(C[C@@H]3[C@](C)(CO)[C@H](O)CC[C@@]3(C)[C@@H]2CC(=O)NCCN2CCOCC2)S1. The van der Waals surface area contributed by atoms with Gasteiger partial charge in [-0.05, 0) is 36.5 Å². The lowest BCUT2D eigenvalue weighted by Gasteiger charge is -2.61. The zero-order valence-corrected chi connectivity index (χ0v) is 21.6. The van der Waals surface area contributed by atoms with Crippen molar-refractivity contribution in [1.29, 1.82) is 0 Å². The molecule has 2 aliphatic carbocycles. The van der Waals surface area contributed by atoms with E-state index in [4.69, 9.17) is 4.74 Å². The van der Waals surface area contributed by atoms with Crippen molar-refractivity contribution < 1.29 is 19.7 Å². The number of carbonyl (C=O) groups excluding carboxylic acids is 1. The molecule has 2 aliphatic heterocycles. The first-order chi connectivity index (χ1) is 16.3. The lowest BCUT2D eigenvalue weighted by Crippen LogP contribution is -2.64. The van der Waals surface area contributed by atoms with Crippen LogP contribution in [0.4, 0.5) is 0 Å². The third kappa shape index (κ3) is 5.21. The molecule has 0 aromatic heterocycles. The highest BCUT2D eigenvalue weighted by molar-refractivity contribution is 8.00. The molecule has 5 N–H and O–H groups in total. The van der Waals surface area contributed by atoms with Crippen LogP contribution < -0.4 is 16.0 Å². The van der Waals surface area contributed by atoms with Gasteiger partial charge < -0.3 is 20.3 Å². The molecule has 3 unspecified atom stereocenters. The quantitative estimate of drug-likeness (QED) is 0.298. The van der Waals surface area contributed by atoms with Crippen LogP contribution in [0.3, 0.4) is 0 Å². The van der Waals surface area contributed by atoms with Crippen LogP contribution in [0.2, 0.25) is 0 Å². The maximum Gasteiger partial charge on any atom is 0.220 e. The molecule has 2 saturated carbocycles. The average Bonchev–Trinajstić information content (AvgIpc) is 3.25. The van der Waals surface area contributed by atoms with Gasteiger partial charge in [0.25, 0.3) is 0 Å². The summed E-state index contributed by atoms with van der Waals surface area (Å²) in [4.78, 5) is 15.5. The van der Waals surface area contributed by atoms with Crippen LogP contribution in [0.1, 0.15) is 39.5 Å². The standard InChI is InChI=1S/C25H44N4O4S/c1-4-7-27-23-28-22-17(14-21(32)26-8-9-29-10-12-33-13-11-29)24(2)6-5-20(31)25(3,16-30)19(24)15-18(22)34-23/h4,17-20,22-23,27-28,30-31H,1,5-16H2,2-3H3,(H,26,32)/t17-,18?,19+,20-,22?,23?,24+,25+/m1/s1. The van der Waals surface area contributed by atoms with E-state index in [1.807, 2.05) is 24.8 Å². The number of fused-ring (bicyclic) bond motifs is 2. The van der Waals surface area contributed by atoms with Crippen LogP contribution in [0, 0.1) is 22.7 Å². The molecule has 0 radical (unpaired) electrons. The summed E-state index contributed by atoms with van der Waals surface area (Å²) in [6.45, 7) is 13.7. The number of carbonyl (C=O) groups is 1. The van der Waals surface area contributed by atoms with E-state index in [9.17, 15) is 15.0 Å². The molecule has 0 aromatic carbocycles. The number of nitrogens with zero attached hydrogens (tertiary/aromatic N) is 1. The fourth-order valence-corrected chi connectivity index (χ4v) is 8.56. The molecular weight excluding hydrogens is 452 g/mol. The Labute approximate surface area is 208 Å². The van der Waals surface area contributed by atoms with Gasteiger partial charge in [0.2, 0.25) is 5.91 Å². The van der Waals surface area contributed by atoms with E-state index in [1.54, 1.807) is 0 Å². The van der Waals surface area contributed by atoms with E-state index in [0.29, 0.717) is 24.6 Å². The van der Waals surface area contributed by atoms with E-state index in [2.05, 4.69) is 34.4 Å². The highest BCUT2D eigenvalue weighted by Crippen LogP contribution is 2.63. The number of amides is 1. The van der Waals surface area contributed by atoms with Gasteiger partial charge in [0.1, 0.15) is 5.50 Å². The highest BCUT2D eigenvalue weighted by Gasteiger charge is 2.62. The fraction of sp³-hybridized carbons (Fsp3) is 0.880. The first-order valence-electron chi connectivity index (χ1n) is 12.9. The molecule has 8 nitrogen and oxygen atoms in total. The van der Waals surface area contributed by atoms with Gasteiger partial charge in [-0.15, -0.1) is 18.3 Å². The molecule has 0 spiro atoms. The van der Waals surface area contributed by atoms with E-state index in [-0.39, 0.29) is 41.3 Å². The van der Waals surface area contributed by atoms with Crippen LogP contribution >= 0.6 is 11.8 Å². The summed E-state index contributed by atoms with van der Waals surface area (Å²) in [5.41, 5.74) is -0.551. The Morgan fingerprint density at radius 1 is 1.35 bits per heavy atom. The molecule has 4 fully saturated rings. The minimum absolute atomic E-state index is 0.0273. The predicted octanol–water partition coefficient (Wildman–Crippen LogP) is 0.753. The van der Waals surface area contributed by atoms with Gasteiger partial charge >= 0.3 is 0 Å². The van der Waals surface area contributed by atoms with Crippen LogP contribution in [0.5, 0.6) is 0 Å². The van der Waals surface area contributed by atoms with Crippen LogP contribution in [0.25, 0.3) is 0 Å². The molecule has 4 aliphatic rings. The van der Waals surface area contributed by atoms with Crippen LogP contribution in [0.15, 0.2) is 12.7 Å². The molecular formula is C25H44N4O4S. The molecule has 9 heteroatoms. The Balaban J connectivity index is 1.48. The second-order valence-electron chi connectivity index (χ2n) is 11.1. The van der Waals surface area contributed by atoms with Gasteiger partial charge in [-0.3, -0.25) is 20.3 Å². The van der Waals surface area contributed by atoms with Crippen molar-refractivity contribution in [3.63, 3.8) is 0 Å². The topological polar surface area (TPSA) is 106 Å².